The molecular formula is C9H16N+. The van der Waals surface area contributed by atoms with E-state index in [1.54, 1.807) is 11.1 Å². The van der Waals surface area contributed by atoms with Crippen LogP contribution in [0.15, 0.2) is 11.1 Å². The summed E-state index contributed by atoms with van der Waals surface area (Å²) in [4.78, 5) is 0. The third-order valence-corrected chi connectivity index (χ3v) is 1.96. The van der Waals surface area contributed by atoms with Gasteiger partial charge in [0, 0.05) is 5.57 Å². The molecule has 0 spiro atoms. The van der Waals surface area contributed by atoms with E-state index in [0.29, 0.717) is 0 Å². The number of rotatable bonds is 1. The van der Waals surface area contributed by atoms with Gasteiger partial charge < -0.3 is 0 Å². The maximum atomic E-state index is 2.24. The molecule has 0 heterocycles. The van der Waals surface area contributed by atoms with Gasteiger partial charge in [0.1, 0.15) is 14.1 Å². The SMILES string of the molecule is CC1=C(C=[N+](C)C)CCC1. The minimum absolute atomic E-state index is 1.28. The fraction of sp³-hybridized carbons (Fsp3) is 0.667. The normalized spacial score (nSPS) is 17.9. The van der Waals surface area contributed by atoms with Crippen molar-refractivity contribution in [1.82, 2.24) is 0 Å². The van der Waals surface area contributed by atoms with Crippen LogP contribution >= 0.6 is 0 Å². The third-order valence-electron chi connectivity index (χ3n) is 1.96. The quantitative estimate of drug-likeness (QED) is 0.384. The van der Waals surface area contributed by atoms with Crippen molar-refractivity contribution in [2.24, 2.45) is 0 Å². The van der Waals surface area contributed by atoms with Crippen molar-refractivity contribution in [3.63, 3.8) is 0 Å². The zero-order valence-electron chi connectivity index (χ0n) is 7.15. The highest BCUT2D eigenvalue weighted by Gasteiger charge is 2.10. The Bertz CT molecular complexity index is 183. The highest BCUT2D eigenvalue weighted by atomic mass is 14.9. The van der Waals surface area contributed by atoms with E-state index in [-0.39, 0.29) is 0 Å². The van der Waals surface area contributed by atoms with Gasteiger partial charge in [0.2, 0.25) is 0 Å². The van der Waals surface area contributed by atoms with E-state index in [9.17, 15) is 0 Å². The summed E-state index contributed by atoms with van der Waals surface area (Å²) >= 11 is 0. The molecule has 0 N–H and O–H groups in total. The Balaban J connectivity index is 2.72. The maximum Gasteiger partial charge on any atom is 0.166 e. The van der Waals surface area contributed by atoms with Gasteiger partial charge in [-0.05, 0) is 26.2 Å². The van der Waals surface area contributed by atoms with Crippen LogP contribution in [0.1, 0.15) is 26.2 Å². The molecule has 1 heteroatoms. The lowest BCUT2D eigenvalue weighted by atomic mass is 10.2. The molecule has 0 atom stereocenters. The van der Waals surface area contributed by atoms with Crippen molar-refractivity contribution in [2.75, 3.05) is 14.1 Å². The monoisotopic (exact) mass is 138 g/mol. The molecule has 56 valence electrons. The predicted octanol–water partition coefficient (Wildman–Crippen LogP) is 1.83. The summed E-state index contributed by atoms with van der Waals surface area (Å²) in [5.41, 5.74) is 3.12. The largest absolute Gasteiger partial charge is 0.241 e. The fourth-order valence-electron chi connectivity index (χ4n) is 1.40. The second kappa shape index (κ2) is 3.00. The molecule has 0 amide bonds. The average molecular weight is 138 g/mol. The summed E-state index contributed by atoms with van der Waals surface area (Å²) in [7, 11) is 4.16. The van der Waals surface area contributed by atoms with Crippen LogP contribution < -0.4 is 0 Å². The molecule has 0 saturated carbocycles. The van der Waals surface area contributed by atoms with Gasteiger partial charge in [0.15, 0.2) is 6.21 Å². The zero-order chi connectivity index (χ0) is 7.56. The lowest BCUT2D eigenvalue weighted by molar-refractivity contribution is -0.459. The topological polar surface area (TPSA) is 3.01 Å². The minimum atomic E-state index is 1.28. The lowest BCUT2D eigenvalue weighted by Crippen LogP contribution is -2.00. The van der Waals surface area contributed by atoms with Gasteiger partial charge >= 0.3 is 0 Å². The third kappa shape index (κ3) is 1.69. The summed E-state index contributed by atoms with van der Waals surface area (Å²) < 4.78 is 2.13. The molecule has 1 aliphatic carbocycles. The summed E-state index contributed by atoms with van der Waals surface area (Å²) in [5.74, 6) is 0. The highest BCUT2D eigenvalue weighted by Crippen LogP contribution is 2.23. The van der Waals surface area contributed by atoms with E-state index in [1.807, 2.05) is 0 Å². The van der Waals surface area contributed by atoms with E-state index in [0.717, 1.165) is 0 Å². The van der Waals surface area contributed by atoms with Crippen LogP contribution in [-0.4, -0.2) is 24.9 Å². The summed E-state index contributed by atoms with van der Waals surface area (Å²) in [6, 6.07) is 0. The predicted molar refractivity (Wildman–Crippen MR) is 44.7 cm³/mol. The summed E-state index contributed by atoms with van der Waals surface area (Å²) in [6.45, 7) is 2.24. The second-order valence-electron chi connectivity index (χ2n) is 3.25. The van der Waals surface area contributed by atoms with Gasteiger partial charge in [0.25, 0.3) is 0 Å². The molecule has 0 radical (unpaired) electrons. The second-order valence-corrected chi connectivity index (χ2v) is 3.25. The number of hydrogen-bond acceptors (Lipinski definition) is 0. The van der Waals surface area contributed by atoms with Crippen molar-refractivity contribution in [2.45, 2.75) is 26.2 Å². The van der Waals surface area contributed by atoms with Crippen molar-refractivity contribution in [1.29, 1.82) is 0 Å². The Morgan fingerprint density at radius 2 is 2.00 bits per heavy atom. The zero-order valence-corrected chi connectivity index (χ0v) is 7.15. The molecule has 1 rings (SSSR count). The molecule has 0 aromatic carbocycles. The van der Waals surface area contributed by atoms with Gasteiger partial charge in [-0.15, -0.1) is 0 Å². The Morgan fingerprint density at radius 3 is 2.40 bits per heavy atom. The summed E-state index contributed by atoms with van der Waals surface area (Å²) in [5, 5.41) is 0. The Hall–Kier alpha value is -0.590. The van der Waals surface area contributed by atoms with E-state index in [1.165, 1.54) is 19.3 Å². The molecule has 0 aliphatic heterocycles. The first-order valence-corrected chi connectivity index (χ1v) is 3.90. The molecule has 0 aromatic rings. The van der Waals surface area contributed by atoms with Gasteiger partial charge in [-0.1, -0.05) is 5.57 Å². The van der Waals surface area contributed by atoms with E-state index >= 15 is 0 Å². The summed E-state index contributed by atoms with van der Waals surface area (Å²) in [6.07, 6.45) is 6.18. The van der Waals surface area contributed by atoms with Crippen LogP contribution in [0.25, 0.3) is 0 Å². The molecule has 1 aliphatic rings. The van der Waals surface area contributed by atoms with E-state index in [4.69, 9.17) is 0 Å². The molecule has 0 bridgehead atoms. The van der Waals surface area contributed by atoms with E-state index in [2.05, 4.69) is 31.8 Å². The number of hydrogen-bond donors (Lipinski definition) is 0. The standard InChI is InChI=1S/C9H16N/c1-8-5-4-6-9(8)7-10(2)3/h7H,4-6H2,1-3H3/q+1. The van der Waals surface area contributed by atoms with Gasteiger partial charge in [-0.25, -0.2) is 4.58 Å². The molecule has 0 unspecified atom stereocenters. The van der Waals surface area contributed by atoms with Crippen LogP contribution in [0, 0.1) is 0 Å². The minimum Gasteiger partial charge on any atom is -0.241 e. The first kappa shape index (κ1) is 7.52. The van der Waals surface area contributed by atoms with Crippen LogP contribution in [0.3, 0.4) is 0 Å². The number of nitrogens with zero attached hydrogens (tertiary/aromatic N) is 1. The van der Waals surface area contributed by atoms with Crippen molar-refractivity contribution in [3.05, 3.63) is 11.1 Å². The molecule has 0 aromatic heterocycles. The first-order valence-electron chi connectivity index (χ1n) is 3.90. The van der Waals surface area contributed by atoms with Crippen LogP contribution in [-0.2, 0) is 0 Å². The van der Waals surface area contributed by atoms with Crippen molar-refractivity contribution >= 4 is 6.21 Å². The molecule has 0 saturated heterocycles. The fourth-order valence-corrected chi connectivity index (χ4v) is 1.40. The van der Waals surface area contributed by atoms with Crippen LogP contribution in [0.2, 0.25) is 0 Å². The van der Waals surface area contributed by atoms with Crippen molar-refractivity contribution in [3.8, 4) is 0 Å². The molecule has 10 heavy (non-hydrogen) atoms. The van der Waals surface area contributed by atoms with Gasteiger partial charge in [-0.3, -0.25) is 0 Å². The highest BCUT2D eigenvalue weighted by molar-refractivity contribution is 5.76. The van der Waals surface area contributed by atoms with E-state index < -0.39 is 0 Å². The van der Waals surface area contributed by atoms with Crippen LogP contribution in [0.5, 0.6) is 0 Å². The smallest absolute Gasteiger partial charge is 0.166 e. The molecule has 1 nitrogen and oxygen atoms in total. The van der Waals surface area contributed by atoms with Gasteiger partial charge in [0.05, 0.1) is 0 Å². The number of allylic oxidation sites excluding steroid dienone is 2. The Morgan fingerprint density at radius 1 is 1.30 bits per heavy atom. The Kier molecular flexibility index (Phi) is 2.25. The maximum absolute atomic E-state index is 2.24. The molecule has 0 fully saturated rings. The first-order chi connectivity index (χ1) is 4.70. The van der Waals surface area contributed by atoms with Gasteiger partial charge in [-0.2, -0.15) is 0 Å². The Labute approximate surface area is 63.1 Å². The molecular weight excluding hydrogens is 122 g/mol. The lowest BCUT2D eigenvalue weighted by Gasteiger charge is -1.91. The van der Waals surface area contributed by atoms with Crippen LogP contribution in [0.4, 0.5) is 0 Å². The van der Waals surface area contributed by atoms with Crippen molar-refractivity contribution < 1.29 is 4.58 Å². The average Bonchev–Trinajstić information content (AvgIpc) is 2.15.